The molecule has 52 heavy (non-hydrogen) atoms. The number of ether oxygens (including phenoxy) is 1. The Morgan fingerprint density at radius 2 is 1.35 bits per heavy atom. The summed E-state index contributed by atoms with van der Waals surface area (Å²) in [6, 6.07) is 12.0. The van der Waals surface area contributed by atoms with E-state index in [4.69, 9.17) is 13.0 Å². The van der Waals surface area contributed by atoms with Crippen molar-refractivity contribution >= 4 is 19.6 Å². The lowest BCUT2D eigenvalue weighted by atomic mass is 9.95. The first-order chi connectivity index (χ1) is 26.7. The predicted octanol–water partition coefficient (Wildman–Crippen LogP) is 7.81. The van der Waals surface area contributed by atoms with Crippen LogP contribution in [0.4, 0.5) is 4.79 Å². The Bertz CT molecular complexity index is 1780. The fourth-order valence-electron chi connectivity index (χ4n) is 8.91. The van der Waals surface area contributed by atoms with Crippen LogP contribution in [0.2, 0.25) is 0 Å². The van der Waals surface area contributed by atoms with Crippen LogP contribution in [0.3, 0.4) is 0 Å². The minimum Gasteiger partial charge on any atom is -0.444 e. The van der Waals surface area contributed by atoms with Crippen molar-refractivity contribution in [2.45, 2.75) is 180 Å². The molecule has 4 unspecified atom stereocenters. The summed E-state index contributed by atoms with van der Waals surface area (Å²) in [6.45, 7) is 10.1. The molecule has 4 saturated heterocycles. The van der Waals surface area contributed by atoms with E-state index < -0.39 is 25.4 Å². The van der Waals surface area contributed by atoms with Crippen LogP contribution in [0.5, 0.6) is 0 Å². The highest BCUT2D eigenvalue weighted by atomic mass is 32.1. The number of aryl methyl sites for hydroxylation is 2. The molecule has 5 atom stereocenters. The first-order valence-electron chi connectivity index (χ1n) is 22.2. The lowest BCUT2D eigenvalue weighted by Gasteiger charge is -2.40. The van der Waals surface area contributed by atoms with Crippen molar-refractivity contribution in [2.75, 3.05) is 6.54 Å². The second-order valence-electron chi connectivity index (χ2n) is 16.7. The first-order valence-corrected chi connectivity index (χ1v) is 19.2. The van der Waals surface area contributed by atoms with Crippen molar-refractivity contribution < 1.29 is 17.8 Å². The van der Waals surface area contributed by atoms with Crippen LogP contribution in [0.15, 0.2) is 30.3 Å². The van der Waals surface area contributed by atoms with Gasteiger partial charge in [-0.15, -0.1) is 20.4 Å². The van der Waals surface area contributed by atoms with E-state index in [0.717, 1.165) is 68.7 Å². The number of benzene rings is 1. The van der Waals surface area contributed by atoms with Gasteiger partial charge in [-0.2, -0.15) is 13.5 Å². The zero-order valence-corrected chi connectivity index (χ0v) is 33.1. The molecular formula is C40H65N9O2S. The van der Waals surface area contributed by atoms with E-state index in [9.17, 15) is 4.79 Å². The van der Waals surface area contributed by atoms with Crippen molar-refractivity contribution in [1.29, 1.82) is 0 Å². The van der Waals surface area contributed by atoms with Crippen molar-refractivity contribution in [3.63, 3.8) is 0 Å². The van der Waals surface area contributed by atoms with E-state index in [1.54, 1.807) is 0 Å². The van der Waals surface area contributed by atoms with Gasteiger partial charge in [0.05, 0.1) is 6.04 Å². The number of amides is 1. The number of hydrogen-bond acceptors (Lipinski definition) is 8. The summed E-state index contributed by atoms with van der Waals surface area (Å²) in [4.78, 5) is 15.2. The Morgan fingerprint density at radius 3 is 1.83 bits per heavy atom. The van der Waals surface area contributed by atoms with E-state index in [1.165, 1.54) is 12.8 Å². The Hall–Kier alpha value is -2.96. The van der Waals surface area contributed by atoms with Gasteiger partial charge in [-0.05, 0) is 97.8 Å². The maximum Gasteiger partial charge on any atom is 0.408 e. The monoisotopic (exact) mass is 742 g/mol. The molecule has 1 aromatic carbocycles. The van der Waals surface area contributed by atoms with Gasteiger partial charge < -0.3 is 24.5 Å². The molecule has 4 aliphatic heterocycles. The third-order valence-corrected chi connectivity index (χ3v) is 11.1. The molecule has 0 spiro atoms. The highest BCUT2D eigenvalue weighted by Gasteiger charge is 2.42. The van der Waals surface area contributed by atoms with Crippen molar-refractivity contribution in [2.24, 2.45) is 0 Å². The van der Waals surface area contributed by atoms with E-state index in [-0.39, 0.29) is 55.1 Å². The fourth-order valence-corrected chi connectivity index (χ4v) is 8.91. The zero-order chi connectivity index (χ0) is 41.4. The molecule has 3 aromatic rings. The predicted molar refractivity (Wildman–Crippen MR) is 211 cm³/mol. The SMILES string of the molecule is S.[2H]C([2H])([2H])c1nnc(C(C)C)n1C1CC2CCC(C1)N2.[2H]C([2H])([2H])c1nnc(C(C)C)n1C1CC2CCC(C1)N2CC[C@H](NC(=O)OC(C)(C)C)c1ccccc1. The number of carbonyl (C=O) groups is 1. The fraction of sp³-hybridized carbons (Fsp3) is 0.725. The maximum atomic E-state index is 12.6. The van der Waals surface area contributed by atoms with Gasteiger partial charge in [-0.25, -0.2) is 4.79 Å². The second kappa shape index (κ2) is 17.0. The zero-order valence-electron chi connectivity index (χ0n) is 38.1. The van der Waals surface area contributed by atoms with Crippen LogP contribution >= 0.6 is 13.5 Å². The molecule has 4 fully saturated rings. The molecular weight excluding hydrogens is 671 g/mol. The van der Waals surface area contributed by atoms with Crippen LogP contribution < -0.4 is 10.6 Å². The Labute approximate surface area is 327 Å². The number of carbonyl (C=O) groups excluding carboxylic acids is 1. The summed E-state index contributed by atoms with van der Waals surface area (Å²) in [5.74, 6) is 2.13. The molecule has 6 heterocycles. The lowest BCUT2D eigenvalue weighted by molar-refractivity contribution is 0.0488. The molecule has 1 amide bonds. The smallest absolute Gasteiger partial charge is 0.408 e. The summed E-state index contributed by atoms with van der Waals surface area (Å²) >= 11 is 0. The normalized spacial score (nSPS) is 28.3. The van der Waals surface area contributed by atoms with Gasteiger partial charge >= 0.3 is 6.09 Å². The molecule has 0 saturated carbocycles. The summed E-state index contributed by atoms with van der Waals surface area (Å²) < 4.78 is 56.5. The minimum atomic E-state index is -2.29. The third-order valence-electron chi connectivity index (χ3n) is 11.1. The molecule has 288 valence electrons. The Morgan fingerprint density at radius 1 is 0.827 bits per heavy atom. The summed E-state index contributed by atoms with van der Waals surface area (Å²) in [5, 5.41) is 23.2. The van der Waals surface area contributed by atoms with Crippen molar-refractivity contribution in [3.8, 4) is 0 Å². The largest absolute Gasteiger partial charge is 0.444 e. The molecule has 0 radical (unpaired) electrons. The summed E-state index contributed by atoms with van der Waals surface area (Å²) in [5.41, 5.74) is 0.501. The summed E-state index contributed by atoms with van der Waals surface area (Å²) in [6.07, 6.45) is 8.68. The van der Waals surface area contributed by atoms with Gasteiger partial charge in [-0.3, -0.25) is 4.90 Å². The minimum absolute atomic E-state index is 0. The Balaban J connectivity index is 0.000000257. The molecule has 7 rings (SSSR count). The number of alkyl carbamates (subject to hydrolysis) is 1. The van der Waals surface area contributed by atoms with Crippen LogP contribution in [0, 0.1) is 13.7 Å². The van der Waals surface area contributed by atoms with Gasteiger partial charge in [-0.1, -0.05) is 58.0 Å². The number of piperidine rings is 2. The average Bonchev–Trinajstić information content (AvgIpc) is 3.89. The molecule has 2 N–H and O–H groups in total. The number of nitrogens with one attached hydrogen (secondary N) is 2. The number of fused-ring (bicyclic) bond motifs is 4. The molecule has 12 heteroatoms. The van der Waals surface area contributed by atoms with E-state index in [2.05, 4.69) is 35.9 Å². The van der Waals surface area contributed by atoms with Crippen LogP contribution in [-0.2, 0) is 4.74 Å². The van der Waals surface area contributed by atoms with E-state index >= 15 is 0 Å². The second-order valence-corrected chi connectivity index (χ2v) is 16.7. The number of aromatic nitrogens is 6. The number of hydrogen-bond donors (Lipinski definition) is 2. The standard InChI is InChI=1S/C27H41N5O2.C13H22N4.H2S/c1-18(2)25-30-29-19(3)32(25)23-16-21-12-13-22(17-23)31(21)15-14-24(20-10-8-7-9-11-20)28-26(33)34-27(4,5)6;1-8(2)13-16-15-9(3)17(13)12-6-10-4-5-11(7-12)14-10;/h7-11,18,21-24H,12-17H2,1-6H3,(H,28,33);8,10-12,14H,4-7H2,1-3H3;1H2/t21?,22?,23?,24-;;/m0../s1/i2*3D3;. The van der Waals surface area contributed by atoms with Gasteiger partial charge in [0.25, 0.3) is 0 Å². The average molecular weight is 742 g/mol. The maximum absolute atomic E-state index is 12.6. The highest BCUT2D eigenvalue weighted by molar-refractivity contribution is 7.59. The quantitative estimate of drug-likeness (QED) is 0.228. The van der Waals surface area contributed by atoms with Gasteiger partial charge in [0.2, 0.25) is 0 Å². The highest BCUT2D eigenvalue weighted by Crippen LogP contribution is 2.42. The van der Waals surface area contributed by atoms with E-state index in [1.807, 2.05) is 87.9 Å². The molecule has 0 aliphatic carbocycles. The third kappa shape index (κ3) is 9.39. The van der Waals surface area contributed by atoms with Crippen LogP contribution in [0.1, 0.15) is 173 Å². The van der Waals surface area contributed by atoms with Crippen molar-refractivity contribution in [1.82, 2.24) is 45.1 Å². The van der Waals surface area contributed by atoms with Crippen LogP contribution in [-0.4, -0.2) is 76.8 Å². The lowest BCUT2D eigenvalue weighted by Crippen LogP contribution is -2.45. The molecule has 2 aromatic heterocycles. The first kappa shape index (κ1) is 32.5. The topological polar surface area (TPSA) is 115 Å². The molecule has 4 aliphatic rings. The van der Waals surface area contributed by atoms with Gasteiger partial charge in [0.15, 0.2) is 0 Å². The Kier molecular flexibility index (Phi) is 10.6. The van der Waals surface area contributed by atoms with Crippen LogP contribution in [0.25, 0.3) is 0 Å². The van der Waals surface area contributed by atoms with Gasteiger partial charge in [0, 0.05) is 62.9 Å². The number of nitrogens with zero attached hydrogens (tertiary/aromatic N) is 7. The summed E-state index contributed by atoms with van der Waals surface area (Å²) in [7, 11) is 0. The number of rotatable bonds is 9. The van der Waals surface area contributed by atoms with Gasteiger partial charge in [0.1, 0.15) is 28.9 Å². The van der Waals surface area contributed by atoms with Crippen molar-refractivity contribution in [3.05, 3.63) is 59.2 Å². The molecule has 4 bridgehead atoms. The molecule has 11 nitrogen and oxygen atoms in total. The van der Waals surface area contributed by atoms with E-state index in [0.29, 0.717) is 24.2 Å².